The molecule has 0 N–H and O–H groups in total. The van der Waals surface area contributed by atoms with Gasteiger partial charge in [-0.3, -0.25) is 4.31 Å². The van der Waals surface area contributed by atoms with Crippen LogP contribution < -0.4 is 4.31 Å². The lowest BCUT2D eigenvalue weighted by atomic mass is 10.2. The van der Waals surface area contributed by atoms with Gasteiger partial charge in [-0.05, 0) is 30.2 Å². The van der Waals surface area contributed by atoms with E-state index >= 15 is 0 Å². The Labute approximate surface area is 124 Å². The molecular weight excluding hydrogens is 296 g/mol. The van der Waals surface area contributed by atoms with Crippen molar-refractivity contribution in [2.75, 3.05) is 11.4 Å². The van der Waals surface area contributed by atoms with Crippen LogP contribution in [0.5, 0.6) is 0 Å². The first-order valence-electron chi connectivity index (χ1n) is 6.02. The third-order valence-corrected chi connectivity index (χ3v) is 5.03. The summed E-state index contributed by atoms with van der Waals surface area (Å²) in [5, 5.41) is 0.0112. The summed E-state index contributed by atoms with van der Waals surface area (Å²) in [6.07, 6.45) is 1.48. The average molecular weight is 311 g/mol. The fourth-order valence-corrected chi connectivity index (χ4v) is 3.16. The number of aromatic nitrogens is 1. The Hall–Kier alpha value is -1.59. The Morgan fingerprint density at radius 3 is 2.45 bits per heavy atom. The number of hydrogen-bond acceptors (Lipinski definition) is 3. The number of sulfonamides is 1. The van der Waals surface area contributed by atoms with Crippen LogP contribution in [0.4, 0.5) is 5.69 Å². The fraction of sp³-hybridized carbons (Fsp3) is 0.214. The quantitative estimate of drug-likeness (QED) is 0.816. The van der Waals surface area contributed by atoms with Gasteiger partial charge in [0, 0.05) is 19.1 Å². The lowest BCUT2D eigenvalue weighted by Crippen LogP contribution is -2.27. The Morgan fingerprint density at radius 1 is 1.20 bits per heavy atom. The number of rotatable bonds is 4. The number of nitrogens with zero attached hydrogens (tertiary/aromatic N) is 2. The third kappa shape index (κ3) is 2.78. The van der Waals surface area contributed by atoms with Crippen molar-refractivity contribution in [3.8, 4) is 0 Å². The number of aryl methyl sites for hydroxylation is 1. The van der Waals surface area contributed by atoms with Crippen molar-refractivity contribution in [2.24, 2.45) is 0 Å². The summed E-state index contributed by atoms with van der Waals surface area (Å²) in [5.41, 5.74) is 2.30. The van der Waals surface area contributed by atoms with Gasteiger partial charge in [-0.15, -0.1) is 11.6 Å². The zero-order valence-electron chi connectivity index (χ0n) is 11.2. The smallest absolute Gasteiger partial charge is 0.268 e. The molecule has 0 spiro atoms. The van der Waals surface area contributed by atoms with E-state index in [1.807, 2.05) is 19.1 Å². The lowest BCUT2D eigenvalue weighted by molar-refractivity contribution is 0.590. The molecule has 0 amide bonds. The van der Waals surface area contributed by atoms with Crippen molar-refractivity contribution in [3.63, 3.8) is 0 Å². The predicted octanol–water partition coefficient (Wildman–Crippen LogP) is 2.95. The van der Waals surface area contributed by atoms with Crippen LogP contribution in [0.25, 0.3) is 0 Å². The molecule has 0 atom stereocenters. The topological polar surface area (TPSA) is 50.3 Å². The van der Waals surface area contributed by atoms with E-state index in [2.05, 4.69) is 4.98 Å². The van der Waals surface area contributed by atoms with Gasteiger partial charge >= 0.3 is 0 Å². The summed E-state index contributed by atoms with van der Waals surface area (Å²) >= 11 is 5.67. The zero-order valence-corrected chi connectivity index (χ0v) is 12.8. The minimum atomic E-state index is -3.66. The van der Waals surface area contributed by atoms with Gasteiger partial charge in [0.15, 0.2) is 5.03 Å². The van der Waals surface area contributed by atoms with Crippen molar-refractivity contribution in [2.45, 2.75) is 17.8 Å². The summed E-state index contributed by atoms with van der Waals surface area (Å²) in [6, 6.07) is 10.4. The Balaban J connectivity index is 2.41. The third-order valence-electron chi connectivity index (χ3n) is 3.03. The van der Waals surface area contributed by atoms with Gasteiger partial charge in [-0.1, -0.05) is 24.3 Å². The van der Waals surface area contributed by atoms with Crippen molar-refractivity contribution in [1.29, 1.82) is 0 Å². The van der Waals surface area contributed by atoms with Crippen LogP contribution in [-0.4, -0.2) is 20.4 Å². The van der Waals surface area contributed by atoms with Crippen LogP contribution in [0.3, 0.4) is 0 Å². The number of hydrogen-bond donors (Lipinski definition) is 0. The summed E-state index contributed by atoms with van der Waals surface area (Å²) in [6.45, 7) is 1.87. The first-order chi connectivity index (χ1) is 9.46. The Kier molecular flexibility index (Phi) is 4.30. The highest BCUT2D eigenvalue weighted by molar-refractivity contribution is 7.92. The number of halogens is 1. The number of para-hydroxylation sites is 1. The molecule has 0 radical (unpaired) electrons. The van der Waals surface area contributed by atoms with E-state index in [4.69, 9.17) is 11.6 Å². The van der Waals surface area contributed by atoms with Crippen LogP contribution in [0.15, 0.2) is 47.6 Å². The van der Waals surface area contributed by atoms with E-state index in [9.17, 15) is 8.42 Å². The number of alkyl halides is 1. The molecule has 106 valence electrons. The minimum Gasteiger partial charge on any atom is -0.268 e. The minimum absolute atomic E-state index is 0.0112. The predicted molar refractivity (Wildman–Crippen MR) is 80.6 cm³/mol. The molecule has 0 unspecified atom stereocenters. The molecule has 4 nitrogen and oxygen atoms in total. The van der Waals surface area contributed by atoms with Gasteiger partial charge in [-0.25, -0.2) is 4.98 Å². The Morgan fingerprint density at radius 2 is 1.90 bits per heavy atom. The maximum atomic E-state index is 12.5. The largest absolute Gasteiger partial charge is 0.281 e. The molecule has 0 aliphatic rings. The molecule has 0 aliphatic heterocycles. The van der Waals surface area contributed by atoms with Crippen molar-refractivity contribution in [1.82, 2.24) is 4.98 Å². The molecular formula is C14H15ClN2O2S. The molecule has 0 saturated heterocycles. The highest BCUT2D eigenvalue weighted by atomic mass is 35.5. The van der Waals surface area contributed by atoms with Crippen LogP contribution in [0.1, 0.15) is 11.1 Å². The summed E-state index contributed by atoms with van der Waals surface area (Å²) in [7, 11) is -2.14. The molecule has 1 aromatic heterocycles. The van der Waals surface area contributed by atoms with Gasteiger partial charge in [-0.2, -0.15) is 8.42 Å². The molecule has 2 aromatic rings. The fourth-order valence-electron chi connectivity index (χ4n) is 1.83. The van der Waals surface area contributed by atoms with Gasteiger partial charge in [0.1, 0.15) is 0 Å². The molecule has 0 fully saturated rings. The van der Waals surface area contributed by atoms with Gasteiger partial charge in [0.2, 0.25) is 0 Å². The second-order valence-electron chi connectivity index (χ2n) is 4.40. The van der Waals surface area contributed by atoms with Gasteiger partial charge in [0.05, 0.1) is 5.69 Å². The second-order valence-corrected chi connectivity index (χ2v) is 6.58. The van der Waals surface area contributed by atoms with E-state index in [1.165, 1.54) is 23.6 Å². The molecule has 1 heterocycles. The maximum absolute atomic E-state index is 12.5. The van der Waals surface area contributed by atoms with Crippen molar-refractivity contribution >= 4 is 27.3 Å². The van der Waals surface area contributed by atoms with Crippen LogP contribution >= 0.6 is 11.6 Å². The highest BCUT2D eigenvalue weighted by Gasteiger charge is 2.23. The number of pyridine rings is 1. The second kappa shape index (κ2) is 5.81. The zero-order chi connectivity index (χ0) is 14.8. The van der Waals surface area contributed by atoms with E-state index in [0.29, 0.717) is 11.6 Å². The van der Waals surface area contributed by atoms with E-state index in [1.54, 1.807) is 18.2 Å². The average Bonchev–Trinajstić information content (AvgIpc) is 2.47. The number of anilines is 1. The van der Waals surface area contributed by atoms with Crippen molar-refractivity contribution in [3.05, 3.63) is 53.7 Å². The first kappa shape index (κ1) is 14.8. The maximum Gasteiger partial charge on any atom is 0.281 e. The van der Waals surface area contributed by atoms with Crippen LogP contribution in [0.2, 0.25) is 0 Å². The van der Waals surface area contributed by atoms with Crippen LogP contribution in [-0.2, 0) is 15.9 Å². The number of benzene rings is 1. The Bertz CT molecular complexity index is 699. The monoisotopic (exact) mass is 310 g/mol. The van der Waals surface area contributed by atoms with E-state index in [0.717, 1.165) is 11.1 Å². The van der Waals surface area contributed by atoms with Crippen molar-refractivity contribution < 1.29 is 8.42 Å². The van der Waals surface area contributed by atoms with Gasteiger partial charge < -0.3 is 0 Å². The molecule has 0 saturated carbocycles. The molecule has 20 heavy (non-hydrogen) atoms. The normalized spacial score (nSPS) is 11.3. The standard InChI is InChI=1S/C14H15ClN2O2S/c1-11-5-3-4-6-13(11)17(2)20(18,19)14-8-7-12(9-15)10-16-14/h3-8,10H,9H2,1-2H3. The summed E-state index contributed by atoms with van der Waals surface area (Å²) in [4.78, 5) is 3.98. The van der Waals surface area contributed by atoms with Crippen LogP contribution in [0, 0.1) is 6.92 Å². The summed E-state index contributed by atoms with van der Waals surface area (Å²) in [5.74, 6) is 0.307. The molecule has 2 rings (SSSR count). The highest BCUT2D eigenvalue weighted by Crippen LogP contribution is 2.24. The van der Waals surface area contributed by atoms with E-state index < -0.39 is 10.0 Å². The van der Waals surface area contributed by atoms with Gasteiger partial charge in [0.25, 0.3) is 10.0 Å². The lowest BCUT2D eigenvalue weighted by Gasteiger charge is -2.20. The molecule has 0 aliphatic carbocycles. The van der Waals surface area contributed by atoms with E-state index in [-0.39, 0.29) is 5.03 Å². The molecule has 6 heteroatoms. The molecule has 0 bridgehead atoms. The molecule has 1 aromatic carbocycles. The first-order valence-corrected chi connectivity index (χ1v) is 7.99. The summed E-state index contributed by atoms with van der Waals surface area (Å²) < 4.78 is 26.3. The SMILES string of the molecule is Cc1ccccc1N(C)S(=O)(=O)c1ccc(CCl)cn1.